The highest BCUT2D eigenvalue weighted by Crippen LogP contribution is 2.28. The average molecular weight is 433 g/mol. The summed E-state index contributed by atoms with van der Waals surface area (Å²) < 4.78 is 21.4. The smallest absolute Gasteiger partial charge is 0.222 e. The summed E-state index contributed by atoms with van der Waals surface area (Å²) in [5.74, 6) is 0.732. The van der Waals surface area contributed by atoms with Crippen LogP contribution in [-0.2, 0) is 16.5 Å². The number of halogens is 1. The van der Waals surface area contributed by atoms with Crippen LogP contribution in [0.15, 0.2) is 42.6 Å². The molecule has 2 aromatic heterocycles. The maximum absolute atomic E-state index is 10.7. The van der Waals surface area contributed by atoms with E-state index in [0.29, 0.717) is 35.3 Å². The molecule has 0 aliphatic heterocycles. The molecule has 152 valence electrons. The highest BCUT2D eigenvalue weighted by atomic mass is 35.5. The summed E-state index contributed by atoms with van der Waals surface area (Å²) in [4.78, 5) is 12.6. The van der Waals surface area contributed by atoms with Crippen molar-refractivity contribution >= 4 is 39.8 Å². The fourth-order valence-electron chi connectivity index (χ4n) is 2.73. The minimum Gasteiger partial charge on any atom is -0.382 e. The van der Waals surface area contributed by atoms with Gasteiger partial charge in [0.05, 0.1) is 29.0 Å². The van der Waals surface area contributed by atoms with Crippen LogP contribution in [0.4, 0.5) is 17.5 Å². The number of hydrogen-bond acceptors (Lipinski definition) is 8. The largest absolute Gasteiger partial charge is 0.382 e. The van der Waals surface area contributed by atoms with Crippen LogP contribution in [0.5, 0.6) is 0 Å². The first kappa shape index (κ1) is 20.8. The molecule has 1 aromatic carbocycles. The molecule has 0 spiro atoms. The van der Waals surface area contributed by atoms with Gasteiger partial charge in [-0.15, -0.1) is 0 Å². The fraction of sp³-hybridized carbons (Fsp3) is 0.211. The molecule has 10 heteroatoms. The standard InChI is InChI=1S/C19H21ClN6O2S/c1-12-15(3-2-4-16(12)20)17-9-18(26-19(21)25-17)23-8-7-22-13-5-6-14(24-10-13)11-29(27)28/h2-6,9-10,22,29H,7-8,11H2,1H3,(H3,21,23,25,26). The predicted molar refractivity (Wildman–Crippen MR) is 117 cm³/mol. The molecule has 0 fully saturated rings. The third kappa shape index (κ3) is 5.78. The molecule has 0 aliphatic carbocycles. The van der Waals surface area contributed by atoms with Crippen molar-refractivity contribution in [2.24, 2.45) is 0 Å². The van der Waals surface area contributed by atoms with Gasteiger partial charge in [-0.05, 0) is 30.7 Å². The molecule has 8 nitrogen and oxygen atoms in total. The monoisotopic (exact) mass is 432 g/mol. The van der Waals surface area contributed by atoms with Gasteiger partial charge >= 0.3 is 0 Å². The average Bonchev–Trinajstić information content (AvgIpc) is 2.68. The molecule has 0 radical (unpaired) electrons. The van der Waals surface area contributed by atoms with E-state index in [1.807, 2.05) is 31.2 Å². The van der Waals surface area contributed by atoms with E-state index in [-0.39, 0.29) is 11.7 Å². The van der Waals surface area contributed by atoms with Gasteiger partial charge in [0.15, 0.2) is 0 Å². The lowest BCUT2D eigenvalue weighted by Crippen LogP contribution is -2.15. The number of pyridine rings is 1. The fourth-order valence-corrected chi connectivity index (χ4v) is 3.36. The van der Waals surface area contributed by atoms with Gasteiger partial charge in [-0.1, -0.05) is 23.7 Å². The molecular formula is C19H21ClN6O2S. The highest BCUT2D eigenvalue weighted by Gasteiger charge is 2.09. The van der Waals surface area contributed by atoms with Crippen LogP contribution in [0, 0.1) is 6.92 Å². The lowest BCUT2D eigenvalue weighted by molar-refractivity contribution is 0.613. The number of benzene rings is 1. The van der Waals surface area contributed by atoms with E-state index in [1.165, 1.54) is 0 Å². The lowest BCUT2D eigenvalue weighted by Gasteiger charge is -2.11. The maximum atomic E-state index is 10.7. The van der Waals surface area contributed by atoms with Gasteiger partial charge in [-0.25, -0.2) is 13.4 Å². The number of nitrogens with zero attached hydrogens (tertiary/aromatic N) is 3. The van der Waals surface area contributed by atoms with Crippen LogP contribution in [0.1, 0.15) is 11.3 Å². The van der Waals surface area contributed by atoms with Gasteiger partial charge in [0.2, 0.25) is 5.95 Å². The van der Waals surface area contributed by atoms with Crippen molar-refractivity contribution in [1.82, 2.24) is 15.0 Å². The second-order valence-corrected chi connectivity index (χ2v) is 7.68. The van der Waals surface area contributed by atoms with E-state index in [0.717, 1.165) is 16.8 Å². The van der Waals surface area contributed by atoms with Crippen molar-refractivity contribution in [1.29, 1.82) is 0 Å². The topological polar surface area (TPSA) is 123 Å². The first-order valence-corrected chi connectivity index (χ1v) is 10.6. The van der Waals surface area contributed by atoms with Crippen molar-refractivity contribution in [3.05, 3.63) is 58.9 Å². The summed E-state index contributed by atoms with van der Waals surface area (Å²) in [7, 11) is -2.47. The van der Waals surface area contributed by atoms with E-state index in [2.05, 4.69) is 25.6 Å². The lowest BCUT2D eigenvalue weighted by atomic mass is 10.1. The molecule has 4 N–H and O–H groups in total. The number of rotatable bonds is 8. The maximum Gasteiger partial charge on any atom is 0.222 e. The minimum absolute atomic E-state index is 0.0548. The van der Waals surface area contributed by atoms with E-state index >= 15 is 0 Å². The number of nitrogen functional groups attached to an aromatic ring is 1. The summed E-state index contributed by atoms with van der Waals surface area (Å²) >= 11 is 6.20. The quantitative estimate of drug-likeness (QED) is 0.316. The Morgan fingerprint density at radius 3 is 2.62 bits per heavy atom. The molecule has 0 saturated carbocycles. The molecule has 0 aliphatic rings. The summed E-state index contributed by atoms with van der Waals surface area (Å²) in [6.07, 6.45) is 1.61. The van der Waals surface area contributed by atoms with Crippen molar-refractivity contribution in [2.75, 3.05) is 29.5 Å². The Morgan fingerprint density at radius 1 is 1.10 bits per heavy atom. The van der Waals surface area contributed by atoms with Gasteiger partial charge in [0, 0.05) is 29.7 Å². The molecular weight excluding hydrogens is 412 g/mol. The van der Waals surface area contributed by atoms with Gasteiger partial charge < -0.3 is 16.4 Å². The second-order valence-electron chi connectivity index (χ2n) is 6.29. The Labute approximate surface area is 175 Å². The van der Waals surface area contributed by atoms with Gasteiger partial charge in [-0.3, -0.25) is 4.98 Å². The zero-order valence-corrected chi connectivity index (χ0v) is 17.4. The van der Waals surface area contributed by atoms with Crippen LogP contribution in [-0.4, -0.2) is 36.5 Å². The Kier molecular flexibility index (Phi) is 6.84. The van der Waals surface area contributed by atoms with E-state index in [4.69, 9.17) is 17.3 Å². The molecule has 2 heterocycles. The first-order chi connectivity index (χ1) is 13.9. The Hall–Kier alpha value is -2.91. The molecule has 29 heavy (non-hydrogen) atoms. The Bertz CT molecular complexity index is 1060. The zero-order chi connectivity index (χ0) is 20.8. The summed E-state index contributed by atoms with van der Waals surface area (Å²) in [5.41, 5.74) is 9.71. The second kappa shape index (κ2) is 9.53. The predicted octanol–water partition coefficient (Wildman–Crippen LogP) is 2.72. The number of thiol groups is 1. The Balaban J connectivity index is 1.60. The van der Waals surface area contributed by atoms with Crippen LogP contribution < -0.4 is 16.4 Å². The van der Waals surface area contributed by atoms with Crippen LogP contribution in [0.25, 0.3) is 11.3 Å². The van der Waals surface area contributed by atoms with Gasteiger partial charge in [0.1, 0.15) is 16.5 Å². The molecule has 3 rings (SSSR count). The van der Waals surface area contributed by atoms with Crippen LogP contribution >= 0.6 is 11.6 Å². The number of anilines is 3. The van der Waals surface area contributed by atoms with Crippen molar-refractivity contribution < 1.29 is 8.42 Å². The SMILES string of the molecule is Cc1c(Cl)cccc1-c1cc(NCCNc2ccc(C[SH](=O)=O)nc2)nc(N)n1. The molecule has 0 amide bonds. The number of aromatic nitrogens is 3. The number of nitrogens with one attached hydrogen (secondary N) is 2. The number of nitrogens with two attached hydrogens (primary N) is 1. The van der Waals surface area contributed by atoms with Gasteiger partial charge in [0.25, 0.3) is 0 Å². The molecule has 0 unspecified atom stereocenters. The third-order valence-electron chi connectivity index (χ3n) is 4.16. The van der Waals surface area contributed by atoms with E-state index in [1.54, 1.807) is 18.3 Å². The van der Waals surface area contributed by atoms with Crippen molar-refractivity contribution in [3.8, 4) is 11.3 Å². The van der Waals surface area contributed by atoms with Crippen LogP contribution in [0.2, 0.25) is 5.02 Å². The zero-order valence-electron chi connectivity index (χ0n) is 15.7. The van der Waals surface area contributed by atoms with Crippen LogP contribution in [0.3, 0.4) is 0 Å². The molecule has 0 atom stereocenters. The first-order valence-electron chi connectivity index (χ1n) is 8.87. The van der Waals surface area contributed by atoms with E-state index in [9.17, 15) is 8.42 Å². The molecule has 0 bridgehead atoms. The molecule has 3 aromatic rings. The van der Waals surface area contributed by atoms with E-state index < -0.39 is 10.7 Å². The highest BCUT2D eigenvalue weighted by molar-refractivity contribution is 7.71. The summed E-state index contributed by atoms with van der Waals surface area (Å²) in [6.45, 7) is 3.12. The van der Waals surface area contributed by atoms with Gasteiger partial charge in [-0.2, -0.15) is 4.98 Å². The minimum atomic E-state index is -2.47. The normalized spacial score (nSPS) is 10.9. The summed E-state index contributed by atoms with van der Waals surface area (Å²) in [5, 5.41) is 7.08. The third-order valence-corrected chi connectivity index (χ3v) is 5.15. The summed E-state index contributed by atoms with van der Waals surface area (Å²) in [6, 6.07) is 10.9. The Morgan fingerprint density at radius 2 is 1.90 bits per heavy atom. The number of hydrogen-bond donors (Lipinski definition) is 4. The molecule has 0 saturated heterocycles. The van der Waals surface area contributed by atoms with Crippen molar-refractivity contribution in [2.45, 2.75) is 12.7 Å². The van der Waals surface area contributed by atoms with Crippen molar-refractivity contribution in [3.63, 3.8) is 0 Å².